The van der Waals surface area contributed by atoms with E-state index in [4.69, 9.17) is 4.74 Å². The molecule has 2 aromatic heterocycles. The molecule has 2 rings (SSSR count). The number of anilines is 2. The standard InChI is InChI=1S/C12H16N4O4.C12H20N4O2/c1-7(2)10(18)20-5-4-13-12(19)16-11-14-8(3)6-9(17)15-11;1-3-4-5-6-7-13-12(18)16-11-14-9(2)8-10(17)15-11/h6H,1,4-5H2,2-3H3,(H3,13,14,15,16,17,19);8H,3-7H2,1-2H3,(H3,13,14,15,16,17,18). The second-order valence-corrected chi connectivity index (χ2v) is 8.21. The fourth-order valence-electron chi connectivity index (χ4n) is 2.77. The van der Waals surface area contributed by atoms with Crippen molar-refractivity contribution in [3.8, 4) is 0 Å². The molecule has 0 bridgehead atoms. The van der Waals surface area contributed by atoms with Crippen molar-refractivity contribution in [3.63, 3.8) is 0 Å². The van der Waals surface area contributed by atoms with Gasteiger partial charge in [0, 0.05) is 35.6 Å². The summed E-state index contributed by atoms with van der Waals surface area (Å²) in [6.45, 7) is 11.2. The van der Waals surface area contributed by atoms with E-state index in [1.54, 1.807) is 13.8 Å². The Morgan fingerprint density at radius 2 is 1.37 bits per heavy atom. The van der Waals surface area contributed by atoms with Crippen molar-refractivity contribution in [2.45, 2.75) is 53.4 Å². The molecule has 0 atom stereocenters. The van der Waals surface area contributed by atoms with Crippen LogP contribution in [0.5, 0.6) is 0 Å². The molecule has 0 saturated heterocycles. The van der Waals surface area contributed by atoms with Gasteiger partial charge in [-0.1, -0.05) is 32.8 Å². The summed E-state index contributed by atoms with van der Waals surface area (Å²) in [5, 5.41) is 10.0. The number of carbonyl (C=O) groups excluding carboxylic acids is 3. The Hall–Kier alpha value is -4.49. The third kappa shape index (κ3) is 14.2. The summed E-state index contributed by atoms with van der Waals surface area (Å²) >= 11 is 0. The van der Waals surface area contributed by atoms with Crippen LogP contribution >= 0.6 is 0 Å². The minimum Gasteiger partial charge on any atom is -0.460 e. The monoisotopic (exact) mass is 532 g/mol. The molecule has 0 aliphatic rings. The van der Waals surface area contributed by atoms with Crippen molar-refractivity contribution >= 4 is 29.9 Å². The number of hydrogen-bond acceptors (Lipinski definition) is 8. The van der Waals surface area contributed by atoms with E-state index in [9.17, 15) is 24.0 Å². The summed E-state index contributed by atoms with van der Waals surface area (Å²) < 4.78 is 4.79. The first-order valence-corrected chi connectivity index (χ1v) is 12.1. The summed E-state index contributed by atoms with van der Waals surface area (Å²) in [7, 11) is 0. The predicted octanol–water partition coefficient (Wildman–Crippen LogP) is 2.10. The molecule has 0 radical (unpaired) electrons. The summed E-state index contributed by atoms with van der Waals surface area (Å²) in [4.78, 5) is 69.1. The summed E-state index contributed by atoms with van der Waals surface area (Å²) in [6.07, 6.45) is 4.41. The van der Waals surface area contributed by atoms with E-state index >= 15 is 0 Å². The molecule has 0 unspecified atom stereocenters. The molecule has 0 spiro atoms. The molecule has 0 aliphatic carbocycles. The number of urea groups is 2. The van der Waals surface area contributed by atoms with Crippen molar-refractivity contribution in [1.29, 1.82) is 0 Å². The molecule has 0 aliphatic heterocycles. The molecule has 4 amide bonds. The van der Waals surface area contributed by atoms with Gasteiger partial charge in [0.2, 0.25) is 11.9 Å². The summed E-state index contributed by atoms with van der Waals surface area (Å²) in [6, 6.07) is 1.76. The Morgan fingerprint density at radius 3 is 1.82 bits per heavy atom. The molecule has 14 heteroatoms. The van der Waals surface area contributed by atoms with Crippen LogP contribution in [-0.2, 0) is 9.53 Å². The van der Waals surface area contributed by atoms with Crippen molar-refractivity contribution < 1.29 is 19.1 Å². The van der Waals surface area contributed by atoms with Gasteiger partial charge >= 0.3 is 18.0 Å². The zero-order chi connectivity index (χ0) is 28.5. The van der Waals surface area contributed by atoms with E-state index in [1.807, 2.05) is 0 Å². The number of aromatic nitrogens is 4. The SMILES string of the molecule is C=C(C)C(=O)OCCNC(=O)Nc1nc(C)cc(=O)[nH]1.CCCCCCNC(=O)Nc1nc(C)cc(=O)[nH]1. The Kier molecular flexibility index (Phi) is 14.2. The van der Waals surface area contributed by atoms with Gasteiger partial charge in [-0.25, -0.2) is 24.4 Å². The Labute approximate surface area is 220 Å². The van der Waals surface area contributed by atoms with E-state index in [0.29, 0.717) is 17.9 Å². The highest BCUT2D eigenvalue weighted by Gasteiger charge is 2.06. The van der Waals surface area contributed by atoms with Crippen LogP contribution in [0.15, 0.2) is 33.9 Å². The average Bonchev–Trinajstić information content (AvgIpc) is 2.80. The lowest BCUT2D eigenvalue weighted by atomic mass is 10.2. The molecule has 14 nitrogen and oxygen atoms in total. The maximum Gasteiger partial charge on any atom is 0.333 e. The van der Waals surface area contributed by atoms with Gasteiger partial charge in [-0.2, -0.15) is 0 Å². The maximum absolute atomic E-state index is 11.5. The van der Waals surface area contributed by atoms with Crippen molar-refractivity contribution in [2.24, 2.45) is 0 Å². The van der Waals surface area contributed by atoms with Crippen molar-refractivity contribution in [3.05, 3.63) is 56.4 Å². The lowest BCUT2D eigenvalue weighted by Crippen LogP contribution is -2.33. The topological polar surface area (TPSA) is 200 Å². The van der Waals surface area contributed by atoms with Gasteiger partial charge < -0.3 is 15.4 Å². The van der Waals surface area contributed by atoms with Crippen LogP contribution < -0.4 is 32.4 Å². The highest BCUT2D eigenvalue weighted by atomic mass is 16.5. The number of ether oxygens (including phenoxy) is 1. The number of aromatic amines is 2. The van der Waals surface area contributed by atoms with Gasteiger partial charge in [-0.05, 0) is 27.2 Å². The van der Waals surface area contributed by atoms with E-state index in [2.05, 4.69) is 54.7 Å². The third-order valence-electron chi connectivity index (χ3n) is 4.49. The lowest BCUT2D eigenvalue weighted by Gasteiger charge is -2.07. The number of unbranched alkanes of at least 4 members (excludes halogenated alkanes) is 3. The zero-order valence-electron chi connectivity index (χ0n) is 22.2. The predicted molar refractivity (Wildman–Crippen MR) is 143 cm³/mol. The van der Waals surface area contributed by atoms with Crippen molar-refractivity contribution in [2.75, 3.05) is 30.3 Å². The Balaban J connectivity index is 0.000000382. The number of amides is 4. The lowest BCUT2D eigenvalue weighted by molar-refractivity contribution is -0.138. The molecule has 38 heavy (non-hydrogen) atoms. The fourth-order valence-corrected chi connectivity index (χ4v) is 2.77. The largest absolute Gasteiger partial charge is 0.460 e. The number of carbonyl (C=O) groups is 3. The Morgan fingerprint density at radius 1 is 0.868 bits per heavy atom. The number of rotatable bonds is 11. The van der Waals surface area contributed by atoms with E-state index in [-0.39, 0.29) is 47.8 Å². The van der Waals surface area contributed by atoms with Crippen LogP contribution in [0.4, 0.5) is 21.5 Å². The molecule has 6 N–H and O–H groups in total. The zero-order valence-corrected chi connectivity index (χ0v) is 22.2. The van der Waals surface area contributed by atoms with Crippen molar-refractivity contribution in [1.82, 2.24) is 30.6 Å². The van der Waals surface area contributed by atoms with Crippen LogP contribution in [-0.4, -0.2) is 57.7 Å². The smallest absolute Gasteiger partial charge is 0.333 e. The van der Waals surface area contributed by atoms with Gasteiger partial charge in [0.15, 0.2) is 0 Å². The number of aryl methyl sites for hydroxylation is 2. The van der Waals surface area contributed by atoms with Crippen LogP contribution in [0.2, 0.25) is 0 Å². The van der Waals surface area contributed by atoms with Gasteiger partial charge in [0.25, 0.3) is 11.1 Å². The van der Waals surface area contributed by atoms with Crippen LogP contribution in [0.25, 0.3) is 0 Å². The molecule has 2 aromatic rings. The first-order valence-electron chi connectivity index (χ1n) is 12.1. The third-order valence-corrected chi connectivity index (χ3v) is 4.49. The Bertz CT molecular complexity index is 1210. The van der Waals surface area contributed by atoms with E-state index < -0.39 is 12.0 Å². The molecule has 0 fully saturated rings. The van der Waals surface area contributed by atoms with E-state index in [0.717, 1.165) is 12.8 Å². The molecule has 0 saturated carbocycles. The van der Waals surface area contributed by atoms with Crippen LogP contribution in [0.1, 0.15) is 50.9 Å². The minimum atomic E-state index is -0.565. The molecular formula is C24H36N8O6. The second kappa shape index (κ2) is 17.1. The summed E-state index contributed by atoms with van der Waals surface area (Å²) in [5.41, 5.74) is 0.705. The second-order valence-electron chi connectivity index (χ2n) is 8.21. The molecule has 0 aromatic carbocycles. The van der Waals surface area contributed by atoms with Gasteiger partial charge in [-0.3, -0.25) is 30.2 Å². The normalized spacial score (nSPS) is 9.89. The van der Waals surface area contributed by atoms with Gasteiger partial charge in [0.05, 0.1) is 6.54 Å². The summed E-state index contributed by atoms with van der Waals surface area (Å²) in [5.74, 6) is -0.297. The highest BCUT2D eigenvalue weighted by molar-refractivity contribution is 5.88. The molecular weight excluding hydrogens is 496 g/mol. The molecule has 208 valence electrons. The van der Waals surface area contributed by atoms with Gasteiger partial charge in [0.1, 0.15) is 6.61 Å². The maximum atomic E-state index is 11.5. The first kappa shape index (κ1) is 31.5. The van der Waals surface area contributed by atoms with Gasteiger partial charge in [-0.15, -0.1) is 0 Å². The quantitative estimate of drug-likeness (QED) is 0.143. The number of H-pyrrole nitrogens is 2. The molecule has 2 heterocycles. The number of hydrogen-bond donors (Lipinski definition) is 6. The number of nitrogens with zero attached hydrogens (tertiary/aromatic N) is 2. The number of nitrogens with one attached hydrogen (secondary N) is 6. The highest BCUT2D eigenvalue weighted by Crippen LogP contribution is 1.98. The van der Waals surface area contributed by atoms with Crippen LogP contribution in [0.3, 0.4) is 0 Å². The van der Waals surface area contributed by atoms with E-state index in [1.165, 1.54) is 31.9 Å². The fraction of sp³-hybridized carbons (Fsp3) is 0.458. The minimum absolute atomic E-state index is 0.0247. The number of esters is 1. The first-order chi connectivity index (χ1) is 18.0. The average molecular weight is 533 g/mol. The van der Waals surface area contributed by atoms with Crippen LogP contribution in [0, 0.1) is 13.8 Å².